The molecular formula is C48H46N4. The van der Waals surface area contributed by atoms with E-state index in [4.69, 9.17) is 15.0 Å². The lowest BCUT2D eigenvalue weighted by atomic mass is 9.48. The van der Waals surface area contributed by atoms with Crippen LogP contribution in [0.5, 0.6) is 0 Å². The third kappa shape index (κ3) is 5.18. The second kappa shape index (κ2) is 11.7. The summed E-state index contributed by atoms with van der Waals surface area (Å²) in [5.74, 6) is 7.73. The van der Waals surface area contributed by atoms with E-state index in [0.29, 0.717) is 22.2 Å². The summed E-state index contributed by atoms with van der Waals surface area (Å²) in [4.78, 5) is 15.4. The predicted octanol–water partition coefficient (Wildman–Crippen LogP) is 11.3. The van der Waals surface area contributed by atoms with Crippen LogP contribution >= 0.6 is 0 Å². The molecule has 52 heavy (non-hydrogen) atoms. The van der Waals surface area contributed by atoms with Crippen molar-refractivity contribution in [2.75, 3.05) is 0 Å². The third-order valence-corrected chi connectivity index (χ3v) is 14.7. The summed E-state index contributed by atoms with van der Waals surface area (Å²) in [6.07, 6.45) is 17.0. The number of nitrogens with zero attached hydrogens (tertiary/aromatic N) is 4. The van der Waals surface area contributed by atoms with Crippen molar-refractivity contribution in [2.24, 2.45) is 35.5 Å². The van der Waals surface area contributed by atoms with Crippen molar-refractivity contribution in [1.29, 1.82) is 5.26 Å². The maximum absolute atomic E-state index is 9.24. The molecule has 0 atom stereocenters. The molecule has 8 saturated carbocycles. The first-order valence-electron chi connectivity index (χ1n) is 20.1. The number of hydrogen-bond acceptors (Lipinski definition) is 4. The molecule has 0 unspecified atom stereocenters. The quantitative estimate of drug-likeness (QED) is 0.179. The molecule has 8 aliphatic carbocycles. The van der Waals surface area contributed by atoms with Crippen molar-refractivity contribution in [1.82, 2.24) is 15.0 Å². The van der Waals surface area contributed by atoms with E-state index in [9.17, 15) is 5.26 Å². The molecule has 258 valence electrons. The van der Waals surface area contributed by atoms with E-state index >= 15 is 0 Å². The fraction of sp³-hybridized carbons (Fsp3) is 0.417. The Bertz CT molecular complexity index is 2010. The van der Waals surface area contributed by atoms with Crippen molar-refractivity contribution in [3.63, 3.8) is 0 Å². The fourth-order valence-electron chi connectivity index (χ4n) is 13.2. The summed E-state index contributed by atoms with van der Waals surface area (Å²) in [6, 6.07) is 37.2. The van der Waals surface area contributed by atoms with Gasteiger partial charge in [0.25, 0.3) is 0 Å². The second-order valence-electron chi connectivity index (χ2n) is 18.1. The van der Waals surface area contributed by atoms with Gasteiger partial charge in [0.05, 0.1) is 11.6 Å². The van der Waals surface area contributed by atoms with Crippen LogP contribution in [0.1, 0.15) is 93.7 Å². The maximum Gasteiger partial charge on any atom is 0.164 e. The SMILES string of the molecule is N#Cc1ccc(-c2ccc(-c3nc(-c4ccc(C56C[C@H]7C[C@@H](C5)C[C@@H](C6)C7)cc4)nc(-c4ccc(C56C[C@H]7C[C@H](C5)C[C@@H](C6)C7)cc4)n3)cc2)cc1. The lowest BCUT2D eigenvalue weighted by Crippen LogP contribution is -2.48. The Kier molecular flexibility index (Phi) is 6.96. The summed E-state index contributed by atoms with van der Waals surface area (Å²) in [7, 11) is 0. The summed E-state index contributed by atoms with van der Waals surface area (Å²) in [6.45, 7) is 0. The van der Waals surface area contributed by atoms with Gasteiger partial charge in [-0.25, -0.2) is 15.0 Å². The lowest BCUT2D eigenvalue weighted by molar-refractivity contribution is -0.00530. The maximum atomic E-state index is 9.24. The lowest BCUT2D eigenvalue weighted by Gasteiger charge is -2.57. The van der Waals surface area contributed by atoms with Gasteiger partial charge in [-0.1, -0.05) is 84.9 Å². The summed E-state index contributed by atoms with van der Waals surface area (Å²) < 4.78 is 0. The van der Waals surface area contributed by atoms with Crippen molar-refractivity contribution in [3.05, 3.63) is 114 Å². The Balaban J connectivity index is 0.947. The molecule has 1 aromatic heterocycles. The van der Waals surface area contributed by atoms with E-state index < -0.39 is 0 Å². The molecule has 8 bridgehead atoms. The third-order valence-electron chi connectivity index (χ3n) is 14.7. The van der Waals surface area contributed by atoms with E-state index in [1.807, 2.05) is 24.3 Å². The van der Waals surface area contributed by atoms with Gasteiger partial charge in [-0.05, 0) is 158 Å². The molecular weight excluding hydrogens is 633 g/mol. The summed E-state index contributed by atoms with van der Waals surface area (Å²) >= 11 is 0. The van der Waals surface area contributed by atoms with Crippen molar-refractivity contribution >= 4 is 0 Å². The molecule has 4 aromatic carbocycles. The zero-order valence-corrected chi connectivity index (χ0v) is 30.0. The Labute approximate surface area is 307 Å². The summed E-state index contributed by atoms with van der Waals surface area (Å²) in [5.41, 5.74) is 9.74. The molecule has 13 rings (SSSR count). The van der Waals surface area contributed by atoms with Crippen LogP contribution in [-0.4, -0.2) is 15.0 Å². The van der Waals surface area contributed by atoms with Crippen LogP contribution < -0.4 is 0 Å². The van der Waals surface area contributed by atoms with Crippen LogP contribution in [0.3, 0.4) is 0 Å². The molecule has 0 aliphatic heterocycles. The van der Waals surface area contributed by atoms with Crippen molar-refractivity contribution < 1.29 is 0 Å². The molecule has 0 amide bonds. The van der Waals surface area contributed by atoms with E-state index in [-0.39, 0.29) is 0 Å². The minimum atomic E-state index is 0.373. The first-order valence-corrected chi connectivity index (χ1v) is 20.1. The van der Waals surface area contributed by atoms with Crippen molar-refractivity contribution in [2.45, 2.75) is 87.9 Å². The van der Waals surface area contributed by atoms with E-state index in [1.54, 1.807) is 0 Å². The number of aromatic nitrogens is 3. The average Bonchev–Trinajstić information content (AvgIpc) is 3.17. The fourth-order valence-corrected chi connectivity index (χ4v) is 13.2. The molecule has 4 nitrogen and oxygen atoms in total. The zero-order valence-electron chi connectivity index (χ0n) is 30.0. The molecule has 0 N–H and O–H groups in total. The van der Waals surface area contributed by atoms with Crippen LogP contribution in [0.25, 0.3) is 45.3 Å². The molecule has 8 fully saturated rings. The zero-order chi connectivity index (χ0) is 34.4. The van der Waals surface area contributed by atoms with E-state index in [0.717, 1.165) is 75.0 Å². The predicted molar refractivity (Wildman–Crippen MR) is 206 cm³/mol. The first kappa shape index (κ1) is 31.0. The number of nitriles is 1. The number of hydrogen-bond donors (Lipinski definition) is 0. The smallest absolute Gasteiger partial charge is 0.164 e. The minimum Gasteiger partial charge on any atom is -0.208 e. The Morgan fingerprint density at radius 2 is 0.654 bits per heavy atom. The van der Waals surface area contributed by atoms with Gasteiger partial charge in [0.2, 0.25) is 0 Å². The molecule has 0 radical (unpaired) electrons. The van der Waals surface area contributed by atoms with Gasteiger partial charge in [0.15, 0.2) is 17.5 Å². The molecule has 5 aromatic rings. The highest BCUT2D eigenvalue weighted by molar-refractivity contribution is 5.71. The molecule has 0 spiro atoms. The van der Waals surface area contributed by atoms with Gasteiger partial charge in [-0.15, -0.1) is 0 Å². The van der Waals surface area contributed by atoms with Crippen LogP contribution in [0.2, 0.25) is 0 Å². The Hall–Kier alpha value is -4.62. The first-order chi connectivity index (χ1) is 25.5. The van der Waals surface area contributed by atoms with Gasteiger partial charge in [-0.3, -0.25) is 0 Å². The molecule has 8 aliphatic rings. The molecule has 1 heterocycles. The van der Waals surface area contributed by atoms with E-state index in [1.165, 1.54) is 88.2 Å². The van der Waals surface area contributed by atoms with Crippen LogP contribution in [-0.2, 0) is 10.8 Å². The van der Waals surface area contributed by atoms with Gasteiger partial charge in [0.1, 0.15) is 0 Å². The van der Waals surface area contributed by atoms with Crippen LogP contribution in [0.4, 0.5) is 0 Å². The van der Waals surface area contributed by atoms with Gasteiger partial charge in [-0.2, -0.15) is 5.26 Å². The highest BCUT2D eigenvalue weighted by Crippen LogP contribution is 2.62. The standard InChI is InChI=1S/C48H46N4/c49-29-30-1-3-37(4-2-30)38-5-7-39(8-6-38)44-50-45(40-9-13-42(14-10-40)47-23-31-17-32(24-47)19-33(18-31)25-47)52-46(51-44)41-11-15-43(16-12-41)48-26-34-20-35(27-48)22-36(21-34)28-48/h1-16,31-36H,17-28H2/t31-,32-,33-,34-,35+,36-,47?,48?. The molecule has 4 heteroatoms. The Morgan fingerprint density at radius 1 is 0.385 bits per heavy atom. The van der Waals surface area contributed by atoms with Gasteiger partial charge < -0.3 is 0 Å². The average molecular weight is 679 g/mol. The second-order valence-corrected chi connectivity index (χ2v) is 18.1. The summed E-state index contributed by atoms with van der Waals surface area (Å²) in [5, 5.41) is 9.24. The normalized spacial score (nSPS) is 32.2. The minimum absolute atomic E-state index is 0.373. The van der Waals surface area contributed by atoms with Gasteiger partial charge in [0, 0.05) is 16.7 Å². The monoisotopic (exact) mass is 678 g/mol. The Morgan fingerprint density at radius 3 is 0.962 bits per heavy atom. The topological polar surface area (TPSA) is 62.5 Å². The van der Waals surface area contributed by atoms with Crippen LogP contribution in [0, 0.1) is 46.8 Å². The number of rotatable bonds is 6. The van der Waals surface area contributed by atoms with E-state index in [2.05, 4.69) is 78.9 Å². The van der Waals surface area contributed by atoms with Crippen LogP contribution in [0.15, 0.2) is 97.1 Å². The largest absolute Gasteiger partial charge is 0.208 e. The highest BCUT2D eigenvalue weighted by atomic mass is 15.0. The number of benzene rings is 4. The molecule has 0 saturated heterocycles. The van der Waals surface area contributed by atoms with Crippen molar-refractivity contribution in [3.8, 4) is 51.4 Å². The highest BCUT2D eigenvalue weighted by Gasteiger charge is 2.52. The van der Waals surface area contributed by atoms with Gasteiger partial charge >= 0.3 is 0 Å².